The second kappa shape index (κ2) is 6.34. The van der Waals surface area contributed by atoms with Gasteiger partial charge in [0.2, 0.25) is 9.04 Å². The van der Waals surface area contributed by atoms with Gasteiger partial charge in [-0.1, -0.05) is 6.58 Å². The van der Waals surface area contributed by atoms with E-state index in [1.54, 1.807) is 6.92 Å². The summed E-state index contributed by atoms with van der Waals surface area (Å²) in [4.78, 5) is 11.4. The minimum atomic E-state index is -1.80. The quantitative estimate of drug-likeness (QED) is 0.319. The lowest BCUT2D eigenvalue weighted by atomic mass is 10.4. The number of rotatable bonds is 6. The molecule has 93 valence electrons. The molecule has 0 bridgehead atoms. The molecule has 0 aromatic carbocycles. The van der Waals surface area contributed by atoms with Crippen molar-refractivity contribution in [2.24, 2.45) is 0 Å². The summed E-state index contributed by atoms with van der Waals surface area (Å²) in [6.45, 7) is 14.2. The predicted octanol–water partition coefficient (Wildman–Crippen LogP) is 2.51. The van der Waals surface area contributed by atoms with Crippen molar-refractivity contribution in [3.05, 3.63) is 12.2 Å². The van der Waals surface area contributed by atoms with E-state index in [4.69, 9.17) is 13.6 Å². The first-order valence-corrected chi connectivity index (χ1v) is 10.9. The van der Waals surface area contributed by atoms with E-state index in [1.165, 1.54) is 0 Å². The summed E-state index contributed by atoms with van der Waals surface area (Å²) in [7, 11) is -2.79. The van der Waals surface area contributed by atoms with Gasteiger partial charge >= 0.3 is 5.97 Å². The molecule has 0 amide bonds. The summed E-state index contributed by atoms with van der Waals surface area (Å²) in [6, 6.07) is 0. The molecule has 0 rings (SSSR count). The molecule has 0 saturated carbocycles. The van der Waals surface area contributed by atoms with Crippen LogP contribution in [0.15, 0.2) is 12.2 Å². The van der Waals surface area contributed by atoms with Crippen LogP contribution >= 0.6 is 0 Å². The molecule has 0 spiro atoms. The molecule has 0 aliphatic heterocycles. The van der Waals surface area contributed by atoms with Gasteiger partial charge in [0, 0.05) is 5.57 Å². The molecule has 0 aromatic rings. The molecule has 0 aliphatic rings. The first-order chi connectivity index (χ1) is 7.11. The Morgan fingerprint density at radius 3 is 2.12 bits per heavy atom. The van der Waals surface area contributed by atoms with E-state index in [0.717, 1.165) is 0 Å². The molecular weight excluding hydrogens is 240 g/mol. The second-order valence-electron chi connectivity index (χ2n) is 4.73. The number of carbonyl (C=O) groups excluding carboxylic acids is 1. The van der Waals surface area contributed by atoms with Crippen LogP contribution in [-0.2, 0) is 18.4 Å². The van der Waals surface area contributed by atoms with E-state index in [9.17, 15) is 4.79 Å². The van der Waals surface area contributed by atoms with Crippen molar-refractivity contribution in [2.75, 3.05) is 0 Å². The van der Waals surface area contributed by atoms with Crippen molar-refractivity contribution in [2.45, 2.75) is 46.1 Å². The molecule has 6 heteroatoms. The predicted molar refractivity (Wildman–Crippen MR) is 67.7 cm³/mol. The first-order valence-electron chi connectivity index (χ1n) is 5.13. The first kappa shape index (κ1) is 15.6. The standard InChI is InChI=1S/C10H21O4Si2/c1-8(2)9(11)12-10(13-15(3)4)14-16(5,6)7/h10H,1H2,2-7H3. The number of ether oxygens (including phenoxy) is 1. The van der Waals surface area contributed by atoms with Crippen LogP contribution in [0.4, 0.5) is 0 Å². The Morgan fingerprint density at radius 1 is 1.31 bits per heavy atom. The van der Waals surface area contributed by atoms with E-state index in [1.807, 2.05) is 32.7 Å². The lowest BCUT2D eigenvalue weighted by Gasteiger charge is -2.27. The van der Waals surface area contributed by atoms with Crippen molar-refractivity contribution in [3.63, 3.8) is 0 Å². The van der Waals surface area contributed by atoms with Gasteiger partial charge in [-0.05, 0) is 39.7 Å². The SMILES string of the molecule is C=C(C)C(=O)OC(O[Si](C)C)O[Si](C)(C)C. The van der Waals surface area contributed by atoms with Gasteiger partial charge in [0.05, 0.1) is 0 Å². The molecule has 16 heavy (non-hydrogen) atoms. The van der Waals surface area contributed by atoms with Crippen LogP contribution in [0.2, 0.25) is 32.7 Å². The normalized spacial score (nSPS) is 13.7. The van der Waals surface area contributed by atoms with E-state index >= 15 is 0 Å². The summed E-state index contributed by atoms with van der Waals surface area (Å²) < 4.78 is 16.2. The Kier molecular flexibility index (Phi) is 6.16. The Labute approximate surface area is 100 Å². The van der Waals surface area contributed by atoms with Gasteiger partial charge in [-0.15, -0.1) is 0 Å². The van der Waals surface area contributed by atoms with Crippen molar-refractivity contribution in [3.8, 4) is 0 Å². The number of carbonyl (C=O) groups is 1. The fourth-order valence-electron chi connectivity index (χ4n) is 0.741. The van der Waals surface area contributed by atoms with Crippen molar-refractivity contribution in [1.29, 1.82) is 0 Å². The zero-order chi connectivity index (χ0) is 12.9. The van der Waals surface area contributed by atoms with Gasteiger partial charge in [0.1, 0.15) is 0 Å². The molecular formula is C10H21O4Si2. The number of esters is 1. The maximum atomic E-state index is 11.4. The third-order valence-electron chi connectivity index (χ3n) is 1.33. The van der Waals surface area contributed by atoms with Gasteiger partial charge < -0.3 is 13.6 Å². The highest BCUT2D eigenvalue weighted by molar-refractivity contribution is 6.69. The smallest absolute Gasteiger partial charge is 0.337 e. The van der Waals surface area contributed by atoms with Crippen LogP contribution in [-0.4, -0.2) is 29.8 Å². The molecule has 1 atom stereocenters. The van der Waals surface area contributed by atoms with E-state index < -0.39 is 29.8 Å². The van der Waals surface area contributed by atoms with Crippen LogP contribution in [0.1, 0.15) is 6.92 Å². The molecule has 0 N–H and O–H groups in total. The van der Waals surface area contributed by atoms with Crippen LogP contribution in [0, 0.1) is 0 Å². The molecule has 0 aliphatic carbocycles. The maximum absolute atomic E-state index is 11.4. The van der Waals surface area contributed by atoms with E-state index in [2.05, 4.69) is 6.58 Å². The Morgan fingerprint density at radius 2 is 1.81 bits per heavy atom. The molecule has 0 fully saturated rings. The van der Waals surface area contributed by atoms with Crippen LogP contribution in [0.3, 0.4) is 0 Å². The van der Waals surface area contributed by atoms with Crippen LogP contribution in [0.25, 0.3) is 0 Å². The van der Waals surface area contributed by atoms with Crippen LogP contribution < -0.4 is 0 Å². The Balaban J connectivity index is 4.43. The second-order valence-corrected chi connectivity index (χ2v) is 11.2. The zero-order valence-corrected chi connectivity index (χ0v) is 12.9. The zero-order valence-electron chi connectivity index (χ0n) is 10.9. The molecule has 0 heterocycles. The molecule has 1 unspecified atom stereocenters. The lowest BCUT2D eigenvalue weighted by Crippen LogP contribution is -2.38. The highest BCUT2D eigenvalue weighted by Crippen LogP contribution is 2.12. The largest absolute Gasteiger partial charge is 0.409 e. The Bertz CT molecular complexity index is 258. The fraction of sp³-hybridized carbons (Fsp3) is 0.700. The van der Waals surface area contributed by atoms with Gasteiger partial charge in [0.25, 0.3) is 6.48 Å². The highest BCUT2D eigenvalue weighted by atomic mass is 28.4. The fourth-order valence-corrected chi connectivity index (χ4v) is 1.99. The van der Waals surface area contributed by atoms with Gasteiger partial charge in [-0.25, -0.2) is 4.79 Å². The topological polar surface area (TPSA) is 44.8 Å². The average Bonchev–Trinajstić information content (AvgIpc) is 1.98. The van der Waals surface area contributed by atoms with E-state index in [-0.39, 0.29) is 0 Å². The van der Waals surface area contributed by atoms with Gasteiger partial charge in [-0.2, -0.15) is 0 Å². The van der Waals surface area contributed by atoms with E-state index in [0.29, 0.717) is 5.57 Å². The van der Waals surface area contributed by atoms with Crippen LogP contribution in [0.5, 0.6) is 0 Å². The number of hydrogen-bond acceptors (Lipinski definition) is 4. The molecule has 0 saturated heterocycles. The Hall–Kier alpha value is -0.436. The molecule has 4 nitrogen and oxygen atoms in total. The summed E-state index contributed by atoms with van der Waals surface area (Å²) in [6.07, 6.45) is 0. The summed E-state index contributed by atoms with van der Waals surface area (Å²) in [5.74, 6) is -0.480. The van der Waals surface area contributed by atoms with Crippen molar-refractivity contribution < 1.29 is 18.4 Å². The minimum Gasteiger partial charge on any atom is -0.409 e. The maximum Gasteiger partial charge on any atom is 0.337 e. The third-order valence-corrected chi connectivity index (χ3v) is 2.90. The summed E-state index contributed by atoms with van der Waals surface area (Å²) in [5.41, 5.74) is 0.341. The van der Waals surface area contributed by atoms with Crippen molar-refractivity contribution >= 4 is 23.3 Å². The lowest BCUT2D eigenvalue weighted by molar-refractivity contribution is -0.207. The van der Waals surface area contributed by atoms with Crippen molar-refractivity contribution in [1.82, 2.24) is 0 Å². The molecule has 0 aromatic heterocycles. The van der Waals surface area contributed by atoms with Gasteiger partial charge in [-0.3, -0.25) is 0 Å². The summed E-state index contributed by atoms with van der Waals surface area (Å²) >= 11 is 0. The monoisotopic (exact) mass is 261 g/mol. The highest BCUT2D eigenvalue weighted by Gasteiger charge is 2.25. The number of hydrogen-bond donors (Lipinski definition) is 0. The minimum absolute atomic E-state index is 0.341. The average molecular weight is 261 g/mol. The summed E-state index contributed by atoms with van der Waals surface area (Å²) in [5, 5.41) is 0. The molecule has 1 radical (unpaired) electrons. The van der Waals surface area contributed by atoms with Gasteiger partial charge in [0.15, 0.2) is 8.32 Å². The third kappa shape index (κ3) is 7.80.